The van der Waals surface area contributed by atoms with Gasteiger partial charge in [-0.05, 0) is 22.9 Å². The SMILES string of the molecule is Cc1nc(CNC(=O)[C@@H](c2ccccc2)n2cnnn2)cc(=O)[nH]1. The summed E-state index contributed by atoms with van der Waals surface area (Å²) >= 11 is 0. The lowest BCUT2D eigenvalue weighted by molar-refractivity contribution is -0.123. The molecular weight excluding hydrogens is 310 g/mol. The summed E-state index contributed by atoms with van der Waals surface area (Å²) in [6.45, 7) is 1.82. The van der Waals surface area contributed by atoms with Crippen molar-refractivity contribution < 1.29 is 4.79 Å². The zero-order chi connectivity index (χ0) is 16.9. The Hall–Kier alpha value is -3.36. The molecule has 3 aromatic rings. The van der Waals surface area contributed by atoms with Crippen molar-refractivity contribution in [2.75, 3.05) is 0 Å². The molecule has 0 radical (unpaired) electrons. The smallest absolute Gasteiger partial charge is 0.251 e. The van der Waals surface area contributed by atoms with Crippen molar-refractivity contribution in [3.05, 3.63) is 70.2 Å². The number of nitrogens with one attached hydrogen (secondary N) is 2. The minimum atomic E-state index is -0.704. The Labute approximate surface area is 136 Å². The molecule has 9 nitrogen and oxygen atoms in total. The molecule has 122 valence electrons. The van der Waals surface area contributed by atoms with Gasteiger partial charge in [-0.3, -0.25) is 9.59 Å². The van der Waals surface area contributed by atoms with E-state index in [1.807, 2.05) is 30.3 Å². The quantitative estimate of drug-likeness (QED) is 0.680. The molecule has 2 heterocycles. The summed E-state index contributed by atoms with van der Waals surface area (Å²) in [5.74, 6) is 0.195. The number of carbonyl (C=O) groups excluding carboxylic acids is 1. The van der Waals surface area contributed by atoms with Crippen molar-refractivity contribution in [3.63, 3.8) is 0 Å². The number of rotatable bonds is 5. The molecule has 0 saturated heterocycles. The first-order valence-electron chi connectivity index (χ1n) is 7.25. The molecule has 1 aromatic carbocycles. The topological polar surface area (TPSA) is 118 Å². The van der Waals surface area contributed by atoms with Crippen LogP contribution in [-0.4, -0.2) is 36.1 Å². The third kappa shape index (κ3) is 3.51. The van der Waals surface area contributed by atoms with Gasteiger partial charge in [0.15, 0.2) is 6.04 Å². The molecule has 1 atom stereocenters. The Morgan fingerprint density at radius 1 is 1.33 bits per heavy atom. The summed E-state index contributed by atoms with van der Waals surface area (Å²) in [5.41, 5.74) is 0.970. The van der Waals surface area contributed by atoms with Crippen LogP contribution in [0.3, 0.4) is 0 Å². The number of tetrazole rings is 1. The molecule has 0 spiro atoms. The lowest BCUT2D eigenvalue weighted by Gasteiger charge is -2.16. The van der Waals surface area contributed by atoms with Crippen LogP contribution in [0.4, 0.5) is 0 Å². The predicted molar refractivity (Wildman–Crippen MR) is 83.8 cm³/mol. The molecule has 0 aliphatic heterocycles. The minimum absolute atomic E-state index is 0.134. The molecule has 0 bridgehead atoms. The van der Waals surface area contributed by atoms with Crippen LogP contribution >= 0.6 is 0 Å². The van der Waals surface area contributed by atoms with Gasteiger partial charge in [0.1, 0.15) is 12.2 Å². The number of hydrogen-bond donors (Lipinski definition) is 2. The van der Waals surface area contributed by atoms with Crippen molar-refractivity contribution in [3.8, 4) is 0 Å². The van der Waals surface area contributed by atoms with Crippen molar-refractivity contribution in [1.29, 1.82) is 0 Å². The zero-order valence-electron chi connectivity index (χ0n) is 12.9. The summed E-state index contributed by atoms with van der Waals surface area (Å²) in [4.78, 5) is 30.8. The largest absolute Gasteiger partial charge is 0.348 e. The van der Waals surface area contributed by atoms with Crippen LogP contribution in [0.2, 0.25) is 0 Å². The van der Waals surface area contributed by atoms with Gasteiger partial charge >= 0.3 is 0 Å². The van der Waals surface area contributed by atoms with Crippen molar-refractivity contribution in [1.82, 2.24) is 35.5 Å². The Kier molecular flexibility index (Phi) is 4.41. The highest BCUT2D eigenvalue weighted by molar-refractivity contribution is 5.83. The van der Waals surface area contributed by atoms with Crippen LogP contribution in [0.1, 0.15) is 23.1 Å². The third-order valence-corrected chi connectivity index (χ3v) is 3.35. The van der Waals surface area contributed by atoms with E-state index < -0.39 is 6.04 Å². The van der Waals surface area contributed by atoms with Gasteiger partial charge in [0.05, 0.1) is 12.2 Å². The highest BCUT2D eigenvalue weighted by atomic mass is 16.2. The van der Waals surface area contributed by atoms with E-state index in [0.717, 1.165) is 5.56 Å². The first-order valence-corrected chi connectivity index (χ1v) is 7.25. The highest BCUT2D eigenvalue weighted by Crippen LogP contribution is 2.16. The van der Waals surface area contributed by atoms with E-state index in [1.54, 1.807) is 6.92 Å². The Bertz CT molecular complexity index is 874. The number of aryl methyl sites for hydroxylation is 1. The fraction of sp³-hybridized carbons (Fsp3) is 0.200. The molecule has 2 aromatic heterocycles. The highest BCUT2D eigenvalue weighted by Gasteiger charge is 2.23. The van der Waals surface area contributed by atoms with Crippen LogP contribution < -0.4 is 10.9 Å². The summed E-state index contributed by atoms with van der Waals surface area (Å²) in [6.07, 6.45) is 1.38. The van der Waals surface area contributed by atoms with Gasteiger partial charge in [-0.25, -0.2) is 9.67 Å². The van der Waals surface area contributed by atoms with Gasteiger partial charge in [-0.1, -0.05) is 30.3 Å². The van der Waals surface area contributed by atoms with E-state index in [2.05, 4.69) is 30.8 Å². The molecule has 0 fully saturated rings. The lowest BCUT2D eigenvalue weighted by atomic mass is 10.1. The first kappa shape index (κ1) is 15.5. The number of aromatic amines is 1. The van der Waals surface area contributed by atoms with Gasteiger partial charge in [0.25, 0.3) is 5.56 Å². The summed E-state index contributed by atoms with van der Waals surface area (Å²) in [5, 5.41) is 13.8. The second-order valence-corrected chi connectivity index (χ2v) is 5.14. The zero-order valence-corrected chi connectivity index (χ0v) is 12.9. The minimum Gasteiger partial charge on any atom is -0.348 e. The van der Waals surface area contributed by atoms with E-state index in [9.17, 15) is 9.59 Å². The molecule has 0 saturated carbocycles. The summed E-state index contributed by atoms with van der Waals surface area (Å²) in [6, 6.07) is 9.82. The van der Waals surface area contributed by atoms with Crippen LogP contribution in [0, 0.1) is 6.92 Å². The fourth-order valence-electron chi connectivity index (χ4n) is 2.35. The summed E-state index contributed by atoms with van der Waals surface area (Å²) < 4.78 is 1.38. The maximum Gasteiger partial charge on any atom is 0.251 e. The molecule has 3 rings (SSSR count). The average Bonchev–Trinajstić information content (AvgIpc) is 3.07. The number of aromatic nitrogens is 6. The van der Waals surface area contributed by atoms with Crippen LogP contribution in [0.25, 0.3) is 0 Å². The van der Waals surface area contributed by atoms with E-state index in [-0.39, 0.29) is 18.0 Å². The molecule has 0 aliphatic rings. The number of benzene rings is 1. The molecule has 9 heteroatoms. The van der Waals surface area contributed by atoms with Crippen LogP contribution in [0.15, 0.2) is 47.5 Å². The van der Waals surface area contributed by atoms with Gasteiger partial charge in [-0.15, -0.1) is 5.10 Å². The molecule has 0 unspecified atom stereocenters. The number of amides is 1. The molecule has 2 N–H and O–H groups in total. The van der Waals surface area contributed by atoms with E-state index in [4.69, 9.17) is 0 Å². The predicted octanol–water partition coefficient (Wildman–Crippen LogP) is -0.0294. The Balaban J connectivity index is 1.81. The van der Waals surface area contributed by atoms with E-state index in [1.165, 1.54) is 17.1 Å². The molecule has 24 heavy (non-hydrogen) atoms. The second-order valence-electron chi connectivity index (χ2n) is 5.14. The number of hydrogen-bond acceptors (Lipinski definition) is 6. The average molecular weight is 325 g/mol. The van der Waals surface area contributed by atoms with Gasteiger partial charge < -0.3 is 10.3 Å². The normalized spacial score (nSPS) is 11.9. The van der Waals surface area contributed by atoms with Gasteiger partial charge in [-0.2, -0.15) is 0 Å². The van der Waals surface area contributed by atoms with Crippen molar-refractivity contribution in [2.45, 2.75) is 19.5 Å². The Morgan fingerprint density at radius 2 is 2.12 bits per heavy atom. The first-order chi connectivity index (χ1) is 11.6. The van der Waals surface area contributed by atoms with Crippen LogP contribution in [0.5, 0.6) is 0 Å². The van der Waals surface area contributed by atoms with Crippen molar-refractivity contribution >= 4 is 5.91 Å². The maximum absolute atomic E-state index is 12.6. The molecule has 1 amide bonds. The third-order valence-electron chi connectivity index (χ3n) is 3.35. The molecule has 0 aliphatic carbocycles. The standard InChI is InChI=1S/C15H15N7O2/c1-10-18-12(7-13(23)19-10)8-16-15(24)14(22-9-17-20-21-22)11-5-3-2-4-6-11/h2-7,9,14H,8H2,1H3,(H,16,24)(H,18,19,23)/t14-/m1/s1. The van der Waals surface area contributed by atoms with Gasteiger partial charge in [0.2, 0.25) is 5.91 Å². The van der Waals surface area contributed by atoms with E-state index in [0.29, 0.717) is 11.5 Å². The number of carbonyl (C=O) groups is 1. The lowest BCUT2D eigenvalue weighted by Crippen LogP contribution is -2.34. The van der Waals surface area contributed by atoms with E-state index >= 15 is 0 Å². The maximum atomic E-state index is 12.6. The second kappa shape index (κ2) is 6.82. The number of nitrogens with zero attached hydrogens (tertiary/aromatic N) is 5. The van der Waals surface area contributed by atoms with Crippen molar-refractivity contribution in [2.24, 2.45) is 0 Å². The Morgan fingerprint density at radius 3 is 2.79 bits per heavy atom. The summed E-state index contributed by atoms with van der Waals surface area (Å²) in [7, 11) is 0. The molecular formula is C15H15N7O2. The fourth-order valence-corrected chi connectivity index (χ4v) is 2.35. The monoisotopic (exact) mass is 325 g/mol. The van der Waals surface area contributed by atoms with Crippen LogP contribution in [-0.2, 0) is 11.3 Å². The van der Waals surface area contributed by atoms with Gasteiger partial charge in [0, 0.05) is 6.07 Å². The number of H-pyrrole nitrogens is 1.